The average Bonchev–Trinajstić information content (AvgIpc) is 2.21. The third-order valence-corrected chi connectivity index (χ3v) is 1.73. The number of halogens is 1. The maximum absolute atomic E-state index is 10.4. The van der Waals surface area contributed by atoms with Gasteiger partial charge in [0.1, 0.15) is 0 Å². The van der Waals surface area contributed by atoms with Crippen LogP contribution < -0.4 is 0 Å². The number of benzene rings is 1. The Kier molecular flexibility index (Phi) is 8.19. The van der Waals surface area contributed by atoms with Gasteiger partial charge in [-0.3, -0.25) is 4.79 Å². The van der Waals surface area contributed by atoms with Crippen molar-refractivity contribution in [3.63, 3.8) is 0 Å². The van der Waals surface area contributed by atoms with E-state index >= 15 is 0 Å². The van der Waals surface area contributed by atoms with Crippen LogP contribution in [0.1, 0.15) is 30.1 Å². The van der Waals surface area contributed by atoms with Crippen LogP contribution in [0.3, 0.4) is 0 Å². The maximum Gasteiger partial charge on any atom is 0.252 e. The van der Waals surface area contributed by atoms with Gasteiger partial charge in [-0.05, 0) is 18.0 Å². The molecule has 0 aliphatic heterocycles. The van der Waals surface area contributed by atoms with Gasteiger partial charge in [0.25, 0.3) is 5.24 Å². The van der Waals surface area contributed by atoms with Gasteiger partial charge in [-0.25, -0.2) is 0 Å². The quantitative estimate of drug-likeness (QED) is 0.786. The fraction of sp³-hybridized carbons (Fsp3) is 0.364. The van der Waals surface area contributed by atoms with E-state index in [4.69, 9.17) is 16.7 Å². The summed E-state index contributed by atoms with van der Waals surface area (Å²) in [6.07, 6.45) is 2.04. The molecule has 0 aliphatic rings. The van der Waals surface area contributed by atoms with Crippen LogP contribution in [0.5, 0.6) is 0 Å². The number of hydrogen-bond donors (Lipinski definition) is 1. The Balaban J connectivity index is 0.000000292. The molecule has 0 heterocycles. The minimum absolute atomic E-state index is 0.344. The first-order valence-corrected chi connectivity index (χ1v) is 4.96. The third-order valence-electron chi connectivity index (χ3n) is 1.51. The summed E-state index contributed by atoms with van der Waals surface area (Å²) in [5.74, 6) is 0. The molecular weight excluding hydrogens is 200 g/mol. The molecule has 0 saturated heterocycles. The number of unbranched alkanes of at least 4 members (excludes halogenated alkanes) is 1. The molecule has 2 nitrogen and oxygen atoms in total. The lowest BCUT2D eigenvalue weighted by atomic mass is 10.2. The summed E-state index contributed by atoms with van der Waals surface area (Å²) in [6, 6.07) is 8.74. The first-order chi connectivity index (χ1) is 6.72. The molecule has 0 fully saturated rings. The van der Waals surface area contributed by atoms with Gasteiger partial charge in [-0.15, -0.1) is 0 Å². The second-order valence-electron chi connectivity index (χ2n) is 2.72. The molecule has 0 saturated carbocycles. The van der Waals surface area contributed by atoms with Gasteiger partial charge in [-0.2, -0.15) is 0 Å². The number of hydrogen-bond acceptors (Lipinski definition) is 2. The second kappa shape index (κ2) is 8.73. The van der Waals surface area contributed by atoms with Crippen molar-refractivity contribution in [3.8, 4) is 0 Å². The Morgan fingerprint density at radius 1 is 1.36 bits per heavy atom. The number of carbonyl (C=O) groups excluding carboxylic acids is 1. The summed E-state index contributed by atoms with van der Waals surface area (Å²) in [4.78, 5) is 10.4. The number of carbonyl (C=O) groups is 1. The van der Waals surface area contributed by atoms with E-state index in [-0.39, 0.29) is 0 Å². The normalized spacial score (nSPS) is 8.79. The summed E-state index contributed by atoms with van der Waals surface area (Å²) in [6.45, 7) is 2.40. The lowest BCUT2D eigenvalue weighted by Gasteiger charge is -1.87. The SMILES string of the molecule is CCCCO.O=C(Cl)c1ccccc1. The van der Waals surface area contributed by atoms with E-state index in [1.54, 1.807) is 24.3 Å². The lowest BCUT2D eigenvalue weighted by molar-refractivity contribution is 0.108. The molecular formula is C11H15ClO2. The standard InChI is InChI=1S/C7H5ClO.C4H10O/c8-7(9)6-4-2-1-3-5-6;1-2-3-4-5/h1-5H;5H,2-4H2,1H3. The van der Waals surface area contributed by atoms with Crippen molar-refractivity contribution in [1.29, 1.82) is 0 Å². The summed E-state index contributed by atoms with van der Waals surface area (Å²) < 4.78 is 0. The molecule has 0 aromatic heterocycles. The maximum atomic E-state index is 10.4. The molecule has 0 bridgehead atoms. The van der Waals surface area contributed by atoms with Crippen LogP contribution in [0.25, 0.3) is 0 Å². The first-order valence-electron chi connectivity index (χ1n) is 4.58. The predicted molar refractivity (Wildman–Crippen MR) is 58.6 cm³/mol. The van der Waals surface area contributed by atoms with Crippen LogP contribution in [0.15, 0.2) is 30.3 Å². The molecule has 3 heteroatoms. The minimum Gasteiger partial charge on any atom is -0.396 e. The van der Waals surface area contributed by atoms with E-state index in [1.165, 1.54) is 0 Å². The molecule has 1 N–H and O–H groups in total. The summed E-state index contributed by atoms with van der Waals surface area (Å²) in [5, 5.41) is 7.66. The minimum atomic E-state index is -0.407. The van der Waals surface area contributed by atoms with Gasteiger partial charge < -0.3 is 5.11 Å². The third kappa shape index (κ3) is 6.63. The van der Waals surface area contributed by atoms with E-state index in [9.17, 15) is 4.79 Å². The highest BCUT2D eigenvalue weighted by Crippen LogP contribution is 2.01. The second-order valence-corrected chi connectivity index (χ2v) is 3.06. The van der Waals surface area contributed by atoms with Crippen molar-refractivity contribution < 1.29 is 9.90 Å². The Hall–Kier alpha value is -0.860. The topological polar surface area (TPSA) is 37.3 Å². The molecule has 0 amide bonds. The molecule has 14 heavy (non-hydrogen) atoms. The van der Waals surface area contributed by atoms with Crippen molar-refractivity contribution in [1.82, 2.24) is 0 Å². The van der Waals surface area contributed by atoms with Gasteiger partial charge in [0.15, 0.2) is 0 Å². The smallest absolute Gasteiger partial charge is 0.252 e. The van der Waals surface area contributed by atoms with Crippen molar-refractivity contribution in [2.45, 2.75) is 19.8 Å². The molecule has 78 valence electrons. The fourth-order valence-electron chi connectivity index (χ4n) is 0.727. The average molecular weight is 215 g/mol. The number of rotatable bonds is 3. The Morgan fingerprint density at radius 3 is 2.14 bits per heavy atom. The molecule has 0 atom stereocenters. The zero-order valence-electron chi connectivity index (χ0n) is 8.24. The van der Waals surface area contributed by atoms with E-state index in [1.807, 2.05) is 6.07 Å². The number of aliphatic hydroxyl groups excluding tert-OH is 1. The van der Waals surface area contributed by atoms with Crippen LogP contribution >= 0.6 is 11.6 Å². The van der Waals surface area contributed by atoms with Crippen molar-refractivity contribution in [2.75, 3.05) is 6.61 Å². The van der Waals surface area contributed by atoms with Crippen LogP contribution in [-0.4, -0.2) is 17.0 Å². The highest BCUT2D eigenvalue weighted by atomic mass is 35.5. The summed E-state index contributed by atoms with van der Waals surface area (Å²) >= 11 is 5.16. The predicted octanol–water partition coefficient (Wildman–Crippen LogP) is 2.84. The lowest BCUT2D eigenvalue weighted by Crippen LogP contribution is -1.84. The van der Waals surface area contributed by atoms with Crippen molar-refractivity contribution in [2.24, 2.45) is 0 Å². The van der Waals surface area contributed by atoms with E-state index in [0.717, 1.165) is 12.8 Å². The van der Waals surface area contributed by atoms with Gasteiger partial charge in [0.05, 0.1) is 0 Å². The zero-order valence-corrected chi connectivity index (χ0v) is 9.00. The number of aliphatic hydroxyl groups is 1. The highest BCUT2D eigenvalue weighted by Gasteiger charge is 1.95. The Morgan fingerprint density at radius 2 is 1.93 bits per heavy atom. The highest BCUT2D eigenvalue weighted by molar-refractivity contribution is 6.67. The fourth-order valence-corrected chi connectivity index (χ4v) is 0.853. The van der Waals surface area contributed by atoms with Crippen LogP contribution in [-0.2, 0) is 0 Å². The van der Waals surface area contributed by atoms with Gasteiger partial charge in [-0.1, -0.05) is 43.7 Å². The van der Waals surface area contributed by atoms with E-state index in [2.05, 4.69) is 6.92 Å². The van der Waals surface area contributed by atoms with Crippen LogP contribution in [0.2, 0.25) is 0 Å². The molecule has 0 unspecified atom stereocenters. The van der Waals surface area contributed by atoms with Crippen molar-refractivity contribution >= 4 is 16.8 Å². The Bertz CT molecular complexity index is 245. The molecule has 0 aliphatic carbocycles. The first kappa shape index (κ1) is 13.1. The van der Waals surface area contributed by atoms with Crippen molar-refractivity contribution in [3.05, 3.63) is 35.9 Å². The van der Waals surface area contributed by atoms with Crippen LogP contribution in [0, 0.1) is 0 Å². The monoisotopic (exact) mass is 214 g/mol. The molecule has 0 spiro atoms. The largest absolute Gasteiger partial charge is 0.396 e. The molecule has 1 aromatic rings. The molecule has 1 aromatic carbocycles. The van der Waals surface area contributed by atoms with Gasteiger partial charge in [0, 0.05) is 12.2 Å². The summed E-state index contributed by atoms with van der Waals surface area (Å²) in [7, 11) is 0. The summed E-state index contributed by atoms with van der Waals surface area (Å²) in [5.41, 5.74) is 0.541. The molecule has 1 rings (SSSR count). The van der Waals surface area contributed by atoms with Gasteiger partial charge >= 0.3 is 0 Å². The van der Waals surface area contributed by atoms with E-state index < -0.39 is 5.24 Å². The Labute approximate surface area is 89.5 Å². The zero-order chi connectivity index (χ0) is 10.8. The van der Waals surface area contributed by atoms with Gasteiger partial charge in [0.2, 0.25) is 0 Å². The van der Waals surface area contributed by atoms with Crippen LogP contribution in [0.4, 0.5) is 0 Å². The molecule has 0 radical (unpaired) electrons. The van der Waals surface area contributed by atoms with E-state index in [0.29, 0.717) is 12.2 Å².